The highest BCUT2D eigenvalue weighted by Gasteiger charge is 2.11. The van der Waals surface area contributed by atoms with Gasteiger partial charge in [-0.3, -0.25) is 9.89 Å². The highest BCUT2D eigenvalue weighted by Crippen LogP contribution is 2.24. The molecule has 0 aliphatic carbocycles. The Morgan fingerprint density at radius 2 is 1.71 bits per heavy atom. The van der Waals surface area contributed by atoms with Gasteiger partial charge in [-0.1, -0.05) is 65.7 Å². The molecule has 0 spiro atoms. The van der Waals surface area contributed by atoms with Crippen molar-refractivity contribution in [2.24, 2.45) is 5.10 Å². The molecule has 0 saturated heterocycles. The molecule has 0 atom stereocenters. The van der Waals surface area contributed by atoms with Gasteiger partial charge < -0.3 is 0 Å². The highest BCUT2D eigenvalue weighted by atomic mass is 35.5. The summed E-state index contributed by atoms with van der Waals surface area (Å²) in [6.07, 6.45) is 1.41. The lowest BCUT2D eigenvalue weighted by Crippen LogP contribution is -2.18. The normalized spacial score (nSPS) is 11.2. The number of H-pyrrole nitrogens is 1. The Labute approximate surface area is 171 Å². The minimum Gasteiger partial charge on any atom is -0.272 e. The average Bonchev–Trinajstić information content (AvgIpc) is 3.20. The van der Waals surface area contributed by atoms with E-state index in [2.05, 4.69) is 20.7 Å². The van der Waals surface area contributed by atoms with Gasteiger partial charge in [0.05, 0.1) is 22.0 Å². The fourth-order valence-corrected chi connectivity index (χ4v) is 3.28. The standard InChI is InChI=1S/C21H14Cl2N4O/c22-17-6-3-7-18(23)16(17)12-24-27-21(28)20-11-19(25-26-20)15-9-8-13-4-1-2-5-14(13)10-15/h1-12H,(H,25,26)(H,27,28)/b24-12-. The van der Waals surface area contributed by atoms with E-state index in [1.165, 1.54) is 6.21 Å². The maximum Gasteiger partial charge on any atom is 0.289 e. The number of benzene rings is 3. The van der Waals surface area contributed by atoms with Gasteiger partial charge in [0.25, 0.3) is 5.91 Å². The summed E-state index contributed by atoms with van der Waals surface area (Å²) in [5, 5.41) is 14.0. The van der Waals surface area contributed by atoms with Crippen LogP contribution in [0.5, 0.6) is 0 Å². The zero-order valence-corrected chi connectivity index (χ0v) is 16.0. The van der Waals surface area contributed by atoms with Crippen LogP contribution in [0.15, 0.2) is 71.8 Å². The summed E-state index contributed by atoms with van der Waals surface area (Å²) < 4.78 is 0. The molecule has 4 rings (SSSR count). The second-order valence-electron chi connectivity index (χ2n) is 6.06. The first-order valence-corrected chi connectivity index (χ1v) is 9.19. The van der Waals surface area contributed by atoms with Crippen LogP contribution >= 0.6 is 23.2 Å². The van der Waals surface area contributed by atoms with Crippen molar-refractivity contribution in [3.05, 3.63) is 88.0 Å². The average molecular weight is 409 g/mol. The molecule has 1 heterocycles. The van der Waals surface area contributed by atoms with Gasteiger partial charge in [-0.25, -0.2) is 5.43 Å². The van der Waals surface area contributed by atoms with Crippen molar-refractivity contribution < 1.29 is 4.79 Å². The van der Waals surface area contributed by atoms with Crippen LogP contribution < -0.4 is 5.43 Å². The molecule has 7 heteroatoms. The number of fused-ring (bicyclic) bond motifs is 1. The molecule has 3 aromatic carbocycles. The van der Waals surface area contributed by atoms with Crippen LogP contribution in [0.2, 0.25) is 10.0 Å². The number of halogens is 2. The minimum absolute atomic E-state index is 0.297. The highest BCUT2D eigenvalue weighted by molar-refractivity contribution is 6.38. The van der Waals surface area contributed by atoms with Crippen LogP contribution in [0.25, 0.3) is 22.0 Å². The SMILES string of the molecule is O=C(N/N=C\c1c(Cl)cccc1Cl)c1cc(-c2ccc3ccccc3c2)n[nH]1. The summed E-state index contributed by atoms with van der Waals surface area (Å²) in [6.45, 7) is 0. The topological polar surface area (TPSA) is 70.1 Å². The number of carbonyl (C=O) groups excluding carboxylic acids is 1. The van der Waals surface area contributed by atoms with E-state index in [0.717, 1.165) is 16.3 Å². The Bertz CT molecular complexity index is 1180. The third kappa shape index (κ3) is 3.76. The number of aromatic nitrogens is 2. The summed E-state index contributed by atoms with van der Waals surface area (Å²) in [6, 6.07) is 20.9. The Morgan fingerprint density at radius 3 is 2.50 bits per heavy atom. The fraction of sp³-hybridized carbons (Fsp3) is 0. The first-order chi connectivity index (χ1) is 13.6. The van der Waals surface area contributed by atoms with E-state index >= 15 is 0 Å². The van der Waals surface area contributed by atoms with E-state index in [1.807, 2.05) is 42.5 Å². The Balaban J connectivity index is 1.50. The van der Waals surface area contributed by atoms with Crippen LogP contribution in [-0.2, 0) is 0 Å². The summed E-state index contributed by atoms with van der Waals surface area (Å²) in [5.74, 6) is -0.418. The molecule has 4 aromatic rings. The molecule has 1 aromatic heterocycles. The van der Waals surface area contributed by atoms with Gasteiger partial charge in [0.15, 0.2) is 0 Å². The summed E-state index contributed by atoms with van der Waals surface area (Å²) in [7, 11) is 0. The van der Waals surface area contributed by atoms with Crippen molar-refractivity contribution in [1.82, 2.24) is 15.6 Å². The number of carbonyl (C=O) groups is 1. The molecule has 0 unspecified atom stereocenters. The minimum atomic E-state index is -0.418. The number of amides is 1. The van der Waals surface area contributed by atoms with E-state index in [0.29, 0.717) is 27.0 Å². The number of aromatic amines is 1. The van der Waals surface area contributed by atoms with Gasteiger partial charge >= 0.3 is 0 Å². The molecule has 5 nitrogen and oxygen atoms in total. The predicted octanol–water partition coefficient (Wildman–Crippen LogP) is 5.30. The zero-order chi connectivity index (χ0) is 19.5. The van der Waals surface area contributed by atoms with Crippen molar-refractivity contribution in [2.75, 3.05) is 0 Å². The quantitative estimate of drug-likeness (QED) is 0.355. The van der Waals surface area contributed by atoms with E-state index in [1.54, 1.807) is 24.3 Å². The van der Waals surface area contributed by atoms with Crippen LogP contribution in [0.1, 0.15) is 16.1 Å². The van der Waals surface area contributed by atoms with Gasteiger partial charge in [-0.05, 0) is 35.0 Å². The maximum absolute atomic E-state index is 12.3. The molecule has 138 valence electrons. The summed E-state index contributed by atoms with van der Waals surface area (Å²) in [4.78, 5) is 12.3. The van der Waals surface area contributed by atoms with Crippen molar-refractivity contribution in [2.45, 2.75) is 0 Å². The smallest absolute Gasteiger partial charge is 0.272 e. The monoisotopic (exact) mass is 408 g/mol. The molecule has 0 aliphatic rings. The van der Waals surface area contributed by atoms with E-state index in [9.17, 15) is 4.79 Å². The molecule has 0 bridgehead atoms. The maximum atomic E-state index is 12.3. The van der Waals surface area contributed by atoms with Crippen molar-refractivity contribution in [1.29, 1.82) is 0 Å². The number of hydrazone groups is 1. The predicted molar refractivity (Wildman–Crippen MR) is 113 cm³/mol. The van der Waals surface area contributed by atoms with E-state index < -0.39 is 5.91 Å². The fourth-order valence-electron chi connectivity index (χ4n) is 2.78. The third-order valence-corrected chi connectivity index (χ3v) is 4.89. The second kappa shape index (κ2) is 7.84. The van der Waals surface area contributed by atoms with Crippen LogP contribution in [0.3, 0.4) is 0 Å². The summed E-state index contributed by atoms with van der Waals surface area (Å²) in [5.41, 5.74) is 4.86. The first kappa shape index (κ1) is 18.2. The summed E-state index contributed by atoms with van der Waals surface area (Å²) >= 11 is 12.1. The first-order valence-electron chi connectivity index (χ1n) is 8.44. The van der Waals surface area contributed by atoms with E-state index in [4.69, 9.17) is 23.2 Å². The van der Waals surface area contributed by atoms with Gasteiger partial charge in [0.1, 0.15) is 5.69 Å². The van der Waals surface area contributed by atoms with E-state index in [-0.39, 0.29) is 0 Å². The lowest BCUT2D eigenvalue weighted by molar-refractivity contribution is 0.0950. The molecule has 0 saturated carbocycles. The van der Waals surface area contributed by atoms with Gasteiger partial charge in [0.2, 0.25) is 0 Å². The molecule has 0 radical (unpaired) electrons. The van der Waals surface area contributed by atoms with Gasteiger partial charge in [-0.2, -0.15) is 10.2 Å². The number of hydrogen-bond donors (Lipinski definition) is 2. The Morgan fingerprint density at radius 1 is 0.964 bits per heavy atom. The van der Waals surface area contributed by atoms with Gasteiger partial charge in [0, 0.05) is 11.1 Å². The number of nitrogens with zero attached hydrogens (tertiary/aromatic N) is 2. The zero-order valence-electron chi connectivity index (χ0n) is 14.5. The second-order valence-corrected chi connectivity index (χ2v) is 6.88. The van der Waals surface area contributed by atoms with Crippen molar-refractivity contribution in [3.63, 3.8) is 0 Å². The molecule has 2 N–H and O–H groups in total. The molecular weight excluding hydrogens is 395 g/mol. The molecule has 0 aliphatic heterocycles. The lowest BCUT2D eigenvalue weighted by Gasteiger charge is -2.01. The number of hydrogen-bond acceptors (Lipinski definition) is 3. The third-order valence-electron chi connectivity index (χ3n) is 4.23. The van der Waals surface area contributed by atoms with Crippen LogP contribution in [-0.4, -0.2) is 22.3 Å². The molecule has 28 heavy (non-hydrogen) atoms. The molecule has 0 fully saturated rings. The Hall–Kier alpha value is -3.15. The Kier molecular flexibility index (Phi) is 5.10. The van der Waals surface area contributed by atoms with Crippen molar-refractivity contribution in [3.8, 4) is 11.3 Å². The lowest BCUT2D eigenvalue weighted by atomic mass is 10.1. The number of nitrogens with one attached hydrogen (secondary N) is 2. The van der Waals surface area contributed by atoms with Crippen LogP contribution in [0, 0.1) is 0 Å². The van der Waals surface area contributed by atoms with Gasteiger partial charge in [-0.15, -0.1) is 0 Å². The molecular formula is C21H14Cl2N4O. The largest absolute Gasteiger partial charge is 0.289 e. The number of rotatable bonds is 4. The van der Waals surface area contributed by atoms with Crippen LogP contribution in [0.4, 0.5) is 0 Å². The van der Waals surface area contributed by atoms with Crippen molar-refractivity contribution >= 4 is 46.1 Å². The molecule has 1 amide bonds.